The Labute approximate surface area is 182 Å². The standard InChI is InChI=1S/C25H25N3O2S/c29-31(30,28-15-13-20(14-16-28)17-19-7-3-1-4-8-19)22-11-12-23-24(18-22)27-25(26-23)21-9-5-2-6-10-21/h1-12,18,20H,13-17H2,(H,26,27). The smallest absolute Gasteiger partial charge is 0.243 e. The summed E-state index contributed by atoms with van der Waals surface area (Å²) in [5.41, 5.74) is 3.80. The van der Waals surface area contributed by atoms with E-state index in [1.54, 1.807) is 22.5 Å². The lowest BCUT2D eigenvalue weighted by Gasteiger charge is -2.31. The molecule has 31 heavy (non-hydrogen) atoms. The average Bonchev–Trinajstić information content (AvgIpc) is 3.24. The number of hydrogen-bond acceptors (Lipinski definition) is 3. The largest absolute Gasteiger partial charge is 0.338 e. The maximum atomic E-state index is 13.3. The van der Waals surface area contributed by atoms with Crippen molar-refractivity contribution in [2.75, 3.05) is 13.1 Å². The summed E-state index contributed by atoms with van der Waals surface area (Å²) in [5.74, 6) is 1.27. The molecule has 0 aliphatic carbocycles. The summed E-state index contributed by atoms with van der Waals surface area (Å²) in [4.78, 5) is 8.20. The summed E-state index contributed by atoms with van der Waals surface area (Å²) >= 11 is 0. The van der Waals surface area contributed by atoms with Gasteiger partial charge >= 0.3 is 0 Å². The first-order valence-electron chi connectivity index (χ1n) is 10.7. The molecule has 1 aromatic heterocycles. The summed E-state index contributed by atoms with van der Waals surface area (Å²) in [5, 5.41) is 0. The second-order valence-corrected chi connectivity index (χ2v) is 10.1. The zero-order valence-corrected chi connectivity index (χ0v) is 18.1. The van der Waals surface area contributed by atoms with Crippen LogP contribution in [0, 0.1) is 5.92 Å². The maximum absolute atomic E-state index is 13.3. The van der Waals surface area contributed by atoms with Gasteiger partial charge in [-0.15, -0.1) is 0 Å². The lowest BCUT2D eigenvalue weighted by atomic mass is 9.91. The average molecular weight is 432 g/mol. The van der Waals surface area contributed by atoms with Crippen LogP contribution in [0.1, 0.15) is 18.4 Å². The number of nitrogens with zero attached hydrogens (tertiary/aromatic N) is 2. The van der Waals surface area contributed by atoms with E-state index >= 15 is 0 Å². The van der Waals surface area contributed by atoms with Crippen LogP contribution in [0.3, 0.4) is 0 Å². The molecule has 0 unspecified atom stereocenters. The van der Waals surface area contributed by atoms with Crippen molar-refractivity contribution in [3.8, 4) is 11.4 Å². The first kappa shape index (κ1) is 20.0. The molecule has 5 nitrogen and oxygen atoms in total. The van der Waals surface area contributed by atoms with Crippen LogP contribution in [0.5, 0.6) is 0 Å². The van der Waals surface area contributed by atoms with Crippen molar-refractivity contribution < 1.29 is 8.42 Å². The highest BCUT2D eigenvalue weighted by Crippen LogP contribution is 2.28. The highest BCUT2D eigenvalue weighted by Gasteiger charge is 2.29. The minimum absolute atomic E-state index is 0.324. The number of fused-ring (bicyclic) bond motifs is 1. The van der Waals surface area contributed by atoms with E-state index in [2.05, 4.69) is 34.2 Å². The van der Waals surface area contributed by atoms with Gasteiger partial charge in [-0.05, 0) is 48.9 Å². The van der Waals surface area contributed by atoms with Gasteiger partial charge in [-0.25, -0.2) is 13.4 Å². The lowest BCUT2D eigenvalue weighted by molar-refractivity contribution is 0.273. The zero-order chi connectivity index (χ0) is 21.3. The number of hydrogen-bond donors (Lipinski definition) is 1. The van der Waals surface area contributed by atoms with E-state index in [9.17, 15) is 8.42 Å². The number of aromatic amines is 1. The number of piperidine rings is 1. The number of imidazole rings is 1. The van der Waals surface area contributed by atoms with E-state index in [1.807, 2.05) is 36.4 Å². The van der Waals surface area contributed by atoms with Crippen LogP contribution in [0.15, 0.2) is 83.8 Å². The van der Waals surface area contributed by atoms with Gasteiger partial charge in [0.1, 0.15) is 5.82 Å². The minimum Gasteiger partial charge on any atom is -0.338 e. The van der Waals surface area contributed by atoms with Gasteiger partial charge in [0.05, 0.1) is 15.9 Å². The zero-order valence-electron chi connectivity index (χ0n) is 17.2. The molecule has 6 heteroatoms. The number of aromatic nitrogens is 2. The maximum Gasteiger partial charge on any atom is 0.243 e. The Balaban J connectivity index is 1.32. The second-order valence-electron chi connectivity index (χ2n) is 8.17. The van der Waals surface area contributed by atoms with Crippen LogP contribution in [-0.4, -0.2) is 35.8 Å². The Bertz CT molecular complexity index is 1280. The predicted octanol–water partition coefficient (Wildman–Crippen LogP) is 4.87. The third kappa shape index (κ3) is 4.13. The quantitative estimate of drug-likeness (QED) is 0.490. The topological polar surface area (TPSA) is 66.1 Å². The number of benzene rings is 3. The molecule has 1 fully saturated rings. The van der Waals surface area contributed by atoms with Gasteiger partial charge in [0.25, 0.3) is 0 Å². The Hall–Kier alpha value is -2.96. The number of sulfonamides is 1. The van der Waals surface area contributed by atoms with E-state index < -0.39 is 10.0 Å². The van der Waals surface area contributed by atoms with E-state index in [0.717, 1.165) is 41.7 Å². The fourth-order valence-electron chi connectivity index (χ4n) is 4.33. The molecule has 4 aromatic rings. The summed E-state index contributed by atoms with van der Waals surface area (Å²) < 4.78 is 28.2. The van der Waals surface area contributed by atoms with Crippen LogP contribution in [-0.2, 0) is 16.4 Å². The molecule has 0 radical (unpaired) electrons. The molecule has 158 valence electrons. The molecule has 1 aliphatic rings. The molecular weight excluding hydrogens is 406 g/mol. The van der Waals surface area contributed by atoms with Gasteiger partial charge in [0, 0.05) is 18.7 Å². The minimum atomic E-state index is -3.52. The van der Waals surface area contributed by atoms with Crippen molar-refractivity contribution in [1.82, 2.24) is 14.3 Å². The lowest BCUT2D eigenvalue weighted by Crippen LogP contribution is -2.38. The number of rotatable bonds is 5. The van der Waals surface area contributed by atoms with Crippen molar-refractivity contribution >= 4 is 21.1 Å². The van der Waals surface area contributed by atoms with Gasteiger partial charge in [0.15, 0.2) is 0 Å². The van der Waals surface area contributed by atoms with Crippen LogP contribution < -0.4 is 0 Å². The fraction of sp³-hybridized carbons (Fsp3) is 0.240. The summed E-state index contributed by atoms with van der Waals surface area (Å²) in [6.07, 6.45) is 2.79. The molecule has 2 heterocycles. The fourth-order valence-corrected chi connectivity index (χ4v) is 5.83. The highest BCUT2D eigenvalue weighted by molar-refractivity contribution is 7.89. The molecule has 0 saturated carbocycles. The van der Waals surface area contributed by atoms with Crippen LogP contribution in [0.2, 0.25) is 0 Å². The number of H-pyrrole nitrogens is 1. The van der Waals surface area contributed by atoms with E-state index in [1.165, 1.54) is 5.56 Å². The molecule has 0 spiro atoms. The normalized spacial score (nSPS) is 16.0. The molecule has 0 amide bonds. The van der Waals surface area contributed by atoms with Crippen molar-refractivity contribution in [2.24, 2.45) is 5.92 Å². The summed E-state index contributed by atoms with van der Waals surface area (Å²) in [6, 6.07) is 25.4. The van der Waals surface area contributed by atoms with Crippen LogP contribution in [0.4, 0.5) is 0 Å². The number of nitrogens with one attached hydrogen (secondary N) is 1. The van der Waals surface area contributed by atoms with E-state index in [0.29, 0.717) is 23.9 Å². The third-order valence-electron chi connectivity index (χ3n) is 6.08. The van der Waals surface area contributed by atoms with Gasteiger partial charge in [-0.1, -0.05) is 60.7 Å². The van der Waals surface area contributed by atoms with Crippen molar-refractivity contribution in [2.45, 2.75) is 24.2 Å². The monoisotopic (exact) mass is 431 g/mol. The highest BCUT2D eigenvalue weighted by atomic mass is 32.2. The Morgan fingerprint density at radius 2 is 1.58 bits per heavy atom. The molecule has 3 aromatic carbocycles. The van der Waals surface area contributed by atoms with E-state index in [-0.39, 0.29) is 0 Å². The molecule has 0 atom stereocenters. The van der Waals surface area contributed by atoms with Gasteiger partial charge in [0.2, 0.25) is 10.0 Å². The van der Waals surface area contributed by atoms with Crippen molar-refractivity contribution in [3.63, 3.8) is 0 Å². The Morgan fingerprint density at radius 3 is 2.29 bits per heavy atom. The first-order valence-corrected chi connectivity index (χ1v) is 12.1. The Kier molecular flexibility index (Phi) is 5.34. The molecule has 5 rings (SSSR count). The molecule has 1 saturated heterocycles. The summed E-state index contributed by atoms with van der Waals surface area (Å²) in [6.45, 7) is 1.13. The first-order chi connectivity index (χ1) is 15.1. The molecule has 0 bridgehead atoms. The van der Waals surface area contributed by atoms with Crippen LogP contribution in [0.25, 0.3) is 22.4 Å². The predicted molar refractivity (Wildman–Crippen MR) is 123 cm³/mol. The SMILES string of the molecule is O=S(=O)(c1ccc2nc(-c3ccccc3)[nH]c2c1)N1CCC(Cc2ccccc2)CC1. The van der Waals surface area contributed by atoms with Crippen molar-refractivity contribution in [3.05, 3.63) is 84.4 Å². The van der Waals surface area contributed by atoms with Crippen molar-refractivity contribution in [1.29, 1.82) is 0 Å². The van der Waals surface area contributed by atoms with Gasteiger partial charge in [-0.3, -0.25) is 0 Å². The Morgan fingerprint density at radius 1 is 0.903 bits per heavy atom. The van der Waals surface area contributed by atoms with Gasteiger partial charge in [-0.2, -0.15) is 4.31 Å². The van der Waals surface area contributed by atoms with E-state index in [4.69, 9.17) is 0 Å². The van der Waals surface area contributed by atoms with Crippen LogP contribution >= 0.6 is 0 Å². The molecule has 1 aliphatic heterocycles. The van der Waals surface area contributed by atoms with Gasteiger partial charge < -0.3 is 4.98 Å². The second kappa shape index (κ2) is 8.29. The molecule has 1 N–H and O–H groups in total. The summed E-state index contributed by atoms with van der Waals surface area (Å²) in [7, 11) is -3.52. The molecular formula is C25H25N3O2S. The third-order valence-corrected chi connectivity index (χ3v) is 7.97.